The fourth-order valence-corrected chi connectivity index (χ4v) is 6.85. The molecular weight excluding hydrogens is 452 g/mol. The molecule has 9 nitrogen and oxygen atoms in total. The van der Waals surface area contributed by atoms with Gasteiger partial charge in [0.25, 0.3) is 5.91 Å². The Kier molecular flexibility index (Phi) is 5.94. The molecule has 2 heterocycles. The predicted octanol–water partition coefficient (Wildman–Crippen LogP) is 1.24. The van der Waals surface area contributed by atoms with Crippen molar-refractivity contribution in [3.8, 4) is 6.07 Å². The van der Waals surface area contributed by atoms with E-state index in [9.17, 15) is 21.6 Å². The molecule has 2 aromatic rings. The van der Waals surface area contributed by atoms with Gasteiger partial charge in [0.2, 0.25) is 20.0 Å². The Balaban J connectivity index is 1.40. The number of benzene rings is 2. The minimum absolute atomic E-state index is 0.115. The monoisotopic (exact) mass is 474 g/mol. The van der Waals surface area contributed by atoms with Gasteiger partial charge in [-0.1, -0.05) is 0 Å². The van der Waals surface area contributed by atoms with Crippen molar-refractivity contribution in [2.24, 2.45) is 0 Å². The normalized spacial score (nSPS) is 19.0. The molecule has 2 saturated heterocycles. The molecule has 0 bridgehead atoms. The Morgan fingerprint density at radius 1 is 0.906 bits per heavy atom. The highest BCUT2D eigenvalue weighted by Gasteiger charge is 2.31. The predicted molar refractivity (Wildman–Crippen MR) is 118 cm³/mol. The van der Waals surface area contributed by atoms with Crippen molar-refractivity contribution >= 4 is 31.6 Å². The molecule has 2 fully saturated rings. The van der Waals surface area contributed by atoms with Crippen LogP contribution in [0, 0.1) is 11.3 Å². The number of nitriles is 1. The lowest BCUT2D eigenvalue weighted by molar-refractivity contribution is 0.0698. The molecule has 0 aliphatic carbocycles. The summed E-state index contributed by atoms with van der Waals surface area (Å²) in [7, 11) is -6.98. The highest BCUT2D eigenvalue weighted by Crippen LogP contribution is 2.25. The SMILES string of the molecule is N#Cc1ccc(S(=O)(=O)N2CCN(C(=O)c3ccc(N4CCCS4(=O)=O)cc3)CC2)cc1. The van der Waals surface area contributed by atoms with Gasteiger partial charge in [-0.2, -0.15) is 9.57 Å². The Hall–Kier alpha value is -2.94. The first kappa shape index (κ1) is 22.3. The average molecular weight is 475 g/mol. The number of nitrogens with zero attached hydrogens (tertiary/aromatic N) is 4. The second-order valence-corrected chi connectivity index (χ2v) is 11.6. The van der Waals surface area contributed by atoms with Gasteiger partial charge >= 0.3 is 0 Å². The van der Waals surface area contributed by atoms with E-state index in [4.69, 9.17) is 5.26 Å². The van der Waals surface area contributed by atoms with E-state index in [1.807, 2.05) is 6.07 Å². The van der Waals surface area contributed by atoms with Crippen LogP contribution < -0.4 is 4.31 Å². The highest BCUT2D eigenvalue weighted by molar-refractivity contribution is 7.93. The minimum Gasteiger partial charge on any atom is -0.336 e. The Bertz CT molecular complexity index is 1260. The molecule has 0 saturated carbocycles. The van der Waals surface area contributed by atoms with Crippen molar-refractivity contribution in [1.29, 1.82) is 5.26 Å². The van der Waals surface area contributed by atoms with E-state index < -0.39 is 20.0 Å². The molecule has 0 aromatic heterocycles. The van der Waals surface area contributed by atoms with Crippen molar-refractivity contribution in [2.75, 3.05) is 42.8 Å². The average Bonchev–Trinajstić information content (AvgIpc) is 3.17. The highest BCUT2D eigenvalue weighted by atomic mass is 32.2. The fourth-order valence-electron chi connectivity index (χ4n) is 3.86. The van der Waals surface area contributed by atoms with Gasteiger partial charge < -0.3 is 4.90 Å². The topological polar surface area (TPSA) is 119 Å². The molecule has 168 valence electrons. The third-order valence-corrected chi connectivity index (χ3v) is 9.43. The number of carbonyl (C=O) groups is 1. The molecule has 0 atom stereocenters. The Labute approximate surface area is 187 Å². The van der Waals surface area contributed by atoms with E-state index in [1.54, 1.807) is 29.2 Å². The van der Waals surface area contributed by atoms with Gasteiger partial charge in [-0.15, -0.1) is 0 Å². The second kappa shape index (κ2) is 8.54. The molecule has 4 rings (SSSR count). The third-order valence-electron chi connectivity index (χ3n) is 5.65. The van der Waals surface area contributed by atoms with Crippen LogP contribution in [0.4, 0.5) is 5.69 Å². The van der Waals surface area contributed by atoms with Gasteiger partial charge in [0.1, 0.15) is 0 Å². The first-order valence-electron chi connectivity index (χ1n) is 10.1. The maximum absolute atomic E-state index is 12.9. The van der Waals surface area contributed by atoms with E-state index in [2.05, 4.69) is 0 Å². The minimum atomic E-state index is -3.70. The molecule has 2 aliphatic heterocycles. The number of hydrogen-bond donors (Lipinski definition) is 0. The van der Waals surface area contributed by atoms with Gasteiger partial charge in [-0.05, 0) is 55.0 Å². The molecule has 0 N–H and O–H groups in total. The number of rotatable bonds is 4. The molecule has 1 amide bonds. The number of amides is 1. The van der Waals surface area contributed by atoms with Crippen LogP contribution in [-0.2, 0) is 20.0 Å². The van der Waals surface area contributed by atoms with Crippen LogP contribution in [0.25, 0.3) is 0 Å². The number of sulfonamides is 2. The van der Waals surface area contributed by atoms with Gasteiger partial charge in [0.05, 0.1) is 28.0 Å². The molecular formula is C21H22N4O5S2. The Morgan fingerprint density at radius 3 is 2.06 bits per heavy atom. The molecule has 2 aromatic carbocycles. The lowest BCUT2D eigenvalue weighted by atomic mass is 10.1. The molecule has 11 heteroatoms. The van der Waals surface area contributed by atoms with Crippen molar-refractivity contribution in [1.82, 2.24) is 9.21 Å². The molecule has 0 spiro atoms. The van der Waals surface area contributed by atoms with Crippen LogP contribution in [0.3, 0.4) is 0 Å². The van der Waals surface area contributed by atoms with Crippen molar-refractivity contribution in [3.63, 3.8) is 0 Å². The van der Waals surface area contributed by atoms with Crippen molar-refractivity contribution < 1.29 is 21.6 Å². The maximum atomic E-state index is 12.9. The van der Waals surface area contributed by atoms with E-state index in [-0.39, 0.29) is 42.7 Å². The number of piperazine rings is 1. The summed E-state index contributed by atoms with van der Waals surface area (Å²) in [5, 5.41) is 8.87. The van der Waals surface area contributed by atoms with Gasteiger partial charge in [0.15, 0.2) is 0 Å². The smallest absolute Gasteiger partial charge is 0.253 e. The zero-order chi connectivity index (χ0) is 22.9. The molecule has 0 unspecified atom stereocenters. The number of hydrogen-bond acceptors (Lipinski definition) is 6. The molecule has 0 radical (unpaired) electrons. The number of anilines is 1. The van der Waals surface area contributed by atoms with Crippen LogP contribution in [0.15, 0.2) is 53.4 Å². The van der Waals surface area contributed by atoms with Crippen LogP contribution in [0.2, 0.25) is 0 Å². The fraction of sp³-hybridized carbons (Fsp3) is 0.333. The zero-order valence-corrected chi connectivity index (χ0v) is 18.8. The summed E-state index contributed by atoms with van der Waals surface area (Å²) in [5.41, 5.74) is 1.35. The van der Waals surface area contributed by atoms with E-state index in [0.717, 1.165) is 0 Å². The van der Waals surface area contributed by atoms with Gasteiger partial charge in [-0.25, -0.2) is 16.8 Å². The summed E-state index contributed by atoms with van der Waals surface area (Å²) in [6.07, 6.45) is 0.582. The first-order valence-corrected chi connectivity index (χ1v) is 13.2. The van der Waals surface area contributed by atoms with Crippen LogP contribution >= 0.6 is 0 Å². The summed E-state index contributed by atoms with van der Waals surface area (Å²) < 4.78 is 52.5. The lowest BCUT2D eigenvalue weighted by Gasteiger charge is -2.34. The molecule has 2 aliphatic rings. The van der Waals surface area contributed by atoms with E-state index >= 15 is 0 Å². The summed E-state index contributed by atoms with van der Waals surface area (Å²) in [4.78, 5) is 14.6. The van der Waals surface area contributed by atoms with Crippen LogP contribution in [-0.4, -0.2) is 70.4 Å². The van der Waals surface area contributed by atoms with Crippen LogP contribution in [0.1, 0.15) is 22.3 Å². The first-order chi connectivity index (χ1) is 15.2. The van der Waals surface area contributed by atoms with Crippen LogP contribution in [0.5, 0.6) is 0 Å². The second-order valence-electron chi connectivity index (χ2n) is 7.62. The number of carbonyl (C=O) groups excluding carboxylic acids is 1. The van der Waals surface area contributed by atoms with Crippen molar-refractivity contribution in [2.45, 2.75) is 11.3 Å². The zero-order valence-electron chi connectivity index (χ0n) is 17.2. The van der Waals surface area contributed by atoms with Gasteiger partial charge in [-0.3, -0.25) is 9.10 Å². The summed E-state index contributed by atoms with van der Waals surface area (Å²) >= 11 is 0. The van der Waals surface area contributed by atoms with Gasteiger partial charge in [0, 0.05) is 38.3 Å². The maximum Gasteiger partial charge on any atom is 0.253 e. The Morgan fingerprint density at radius 2 is 1.53 bits per heavy atom. The van der Waals surface area contributed by atoms with Crippen molar-refractivity contribution in [3.05, 3.63) is 59.7 Å². The van der Waals surface area contributed by atoms with E-state index in [1.165, 1.54) is 32.9 Å². The standard InChI is InChI=1S/C21H22N4O5S2/c22-16-17-2-8-20(9-3-17)32(29,30)24-13-11-23(12-14-24)21(26)18-4-6-19(7-5-18)25-10-1-15-31(25,27)28/h2-9H,1,10-15H2. The largest absolute Gasteiger partial charge is 0.336 e. The third kappa shape index (κ3) is 4.21. The van der Waals surface area contributed by atoms with E-state index in [0.29, 0.717) is 29.8 Å². The summed E-state index contributed by atoms with van der Waals surface area (Å²) in [6, 6.07) is 14.2. The lowest BCUT2D eigenvalue weighted by Crippen LogP contribution is -2.50. The molecule has 32 heavy (non-hydrogen) atoms. The summed E-state index contributed by atoms with van der Waals surface area (Å²) in [6.45, 7) is 1.26. The quantitative estimate of drug-likeness (QED) is 0.658. The summed E-state index contributed by atoms with van der Waals surface area (Å²) in [5.74, 6) is -0.0974.